The average molecular weight is 233 g/mol. The molecule has 3 rings (SSSR count). The SMILES string of the molecule is O=C(Nc1ccccc1)OC[C@]12CCC[C@H]1O2. The summed E-state index contributed by atoms with van der Waals surface area (Å²) in [5, 5.41) is 2.68. The molecule has 1 amide bonds. The molecule has 0 aromatic heterocycles. The summed E-state index contributed by atoms with van der Waals surface area (Å²) in [6, 6.07) is 9.28. The summed E-state index contributed by atoms with van der Waals surface area (Å²) < 4.78 is 10.7. The standard InChI is InChI=1S/C13H15NO3/c15-12(14-10-5-2-1-3-6-10)16-9-13-8-4-7-11(13)17-13/h1-3,5-6,11H,4,7-9H2,(H,14,15)/t11-,13-/m1/s1. The van der Waals surface area contributed by atoms with Crippen LogP contribution >= 0.6 is 0 Å². The smallest absolute Gasteiger partial charge is 0.411 e. The molecule has 4 nitrogen and oxygen atoms in total. The minimum Gasteiger partial charge on any atom is -0.446 e. The van der Waals surface area contributed by atoms with Crippen molar-refractivity contribution >= 4 is 11.8 Å². The van der Waals surface area contributed by atoms with Crippen molar-refractivity contribution in [2.75, 3.05) is 11.9 Å². The number of carbonyl (C=O) groups excluding carboxylic acids is 1. The summed E-state index contributed by atoms with van der Waals surface area (Å²) in [5.74, 6) is 0. The van der Waals surface area contributed by atoms with Gasteiger partial charge in [0.05, 0.1) is 6.10 Å². The largest absolute Gasteiger partial charge is 0.446 e. The number of benzene rings is 1. The highest BCUT2D eigenvalue weighted by Crippen LogP contribution is 2.49. The first-order chi connectivity index (χ1) is 8.28. The number of hydrogen-bond acceptors (Lipinski definition) is 3. The average Bonchev–Trinajstić information content (AvgIpc) is 2.90. The summed E-state index contributed by atoms with van der Waals surface area (Å²) in [4.78, 5) is 11.5. The van der Waals surface area contributed by atoms with Gasteiger partial charge in [-0.25, -0.2) is 4.79 Å². The maximum atomic E-state index is 11.5. The fourth-order valence-corrected chi connectivity index (χ4v) is 2.44. The molecule has 0 bridgehead atoms. The monoisotopic (exact) mass is 233 g/mol. The van der Waals surface area contributed by atoms with Gasteiger partial charge in [-0.2, -0.15) is 0 Å². The van der Waals surface area contributed by atoms with Crippen molar-refractivity contribution in [1.29, 1.82) is 0 Å². The van der Waals surface area contributed by atoms with Crippen LogP contribution in [-0.4, -0.2) is 24.4 Å². The number of anilines is 1. The van der Waals surface area contributed by atoms with Crippen molar-refractivity contribution in [2.24, 2.45) is 0 Å². The molecule has 1 saturated heterocycles. The topological polar surface area (TPSA) is 50.9 Å². The Morgan fingerprint density at radius 3 is 2.94 bits per heavy atom. The molecule has 2 atom stereocenters. The summed E-state index contributed by atoms with van der Waals surface area (Å²) in [6.07, 6.45) is 3.20. The quantitative estimate of drug-likeness (QED) is 0.816. The number of hydrogen-bond donors (Lipinski definition) is 1. The molecule has 4 heteroatoms. The van der Waals surface area contributed by atoms with Gasteiger partial charge in [0.25, 0.3) is 0 Å². The van der Waals surface area contributed by atoms with Gasteiger partial charge in [-0.1, -0.05) is 18.2 Å². The Bertz CT molecular complexity index is 420. The van der Waals surface area contributed by atoms with E-state index in [1.54, 1.807) is 0 Å². The Balaban J connectivity index is 1.48. The molecule has 0 unspecified atom stereocenters. The lowest BCUT2D eigenvalue weighted by Crippen LogP contribution is -2.24. The molecule has 2 aliphatic rings. The van der Waals surface area contributed by atoms with Crippen molar-refractivity contribution < 1.29 is 14.3 Å². The zero-order valence-corrected chi connectivity index (χ0v) is 9.52. The lowest BCUT2D eigenvalue weighted by Gasteiger charge is -2.10. The molecule has 1 saturated carbocycles. The van der Waals surface area contributed by atoms with Crippen LogP contribution in [0.3, 0.4) is 0 Å². The van der Waals surface area contributed by atoms with E-state index < -0.39 is 6.09 Å². The molecule has 1 aromatic rings. The predicted octanol–water partition coefficient (Wildman–Crippen LogP) is 2.56. The molecule has 2 fully saturated rings. The van der Waals surface area contributed by atoms with Gasteiger partial charge in [0, 0.05) is 5.69 Å². The van der Waals surface area contributed by atoms with Crippen LogP contribution < -0.4 is 5.32 Å². The minimum atomic E-state index is -0.410. The van der Waals surface area contributed by atoms with Crippen LogP contribution in [-0.2, 0) is 9.47 Å². The summed E-state index contributed by atoms with van der Waals surface area (Å²) in [6.45, 7) is 0.371. The van der Waals surface area contributed by atoms with E-state index in [9.17, 15) is 4.79 Å². The molecule has 1 N–H and O–H groups in total. The predicted molar refractivity (Wildman–Crippen MR) is 62.9 cm³/mol. The van der Waals surface area contributed by atoms with Crippen LogP contribution in [0.5, 0.6) is 0 Å². The first-order valence-electron chi connectivity index (χ1n) is 5.95. The van der Waals surface area contributed by atoms with Crippen molar-refractivity contribution in [1.82, 2.24) is 0 Å². The third kappa shape index (κ3) is 2.13. The van der Waals surface area contributed by atoms with Gasteiger partial charge < -0.3 is 9.47 Å². The second kappa shape index (κ2) is 4.04. The van der Waals surface area contributed by atoms with E-state index in [1.807, 2.05) is 30.3 Å². The van der Waals surface area contributed by atoms with E-state index in [1.165, 1.54) is 6.42 Å². The summed E-state index contributed by atoms with van der Waals surface area (Å²) in [5.41, 5.74) is 0.600. The normalized spacial score (nSPS) is 29.5. The Kier molecular flexibility index (Phi) is 2.52. The Morgan fingerprint density at radius 1 is 1.47 bits per heavy atom. The fourth-order valence-electron chi connectivity index (χ4n) is 2.44. The highest BCUT2D eigenvalue weighted by Gasteiger charge is 2.60. The fraction of sp³-hybridized carbons (Fsp3) is 0.462. The van der Waals surface area contributed by atoms with E-state index in [2.05, 4.69) is 5.32 Å². The maximum Gasteiger partial charge on any atom is 0.411 e. The number of epoxide rings is 1. The van der Waals surface area contributed by atoms with Crippen molar-refractivity contribution in [3.05, 3.63) is 30.3 Å². The molecule has 90 valence electrons. The van der Waals surface area contributed by atoms with Gasteiger partial charge in [-0.05, 0) is 31.4 Å². The number of amides is 1. The summed E-state index contributed by atoms with van der Waals surface area (Å²) >= 11 is 0. The first-order valence-corrected chi connectivity index (χ1v) is 5.95. The van der Waals surface area contributed by atoms with Crippen molar-refractivity contribution in [2.45, 2.75) is 31.0 Å². The van der Waals surface area contributed by atoms with Gasteiger partial charge in [0.2, 0.25) is 0 Å². The molecular weight excluding hydrogens is 218 g/mol. The molecule has 0 radical (unpaired) electrons. The van der Waals surface area contributed by atoms with Gasteiger partial charge >= 0.3 is 6.09 Å². The van der Waals surface area contributed by atoms with Gasteiger partial charge in [0.1, 0.15) is 12.2 Å². The lowest BCUT2D eigenvalue weighted by atomic mass is 10.1. The lowest BCUT2D eigenvalue weighted by molar-refractivity contribution is 0.115. The Hall–Kier alpha value is -1.55. The van der Waals surface area contributed by atoms with E-state index in [-0.39, 0.29) is 5.60 Å². The van der Waals surface area contributed by atoms with Crippen molar-refractivity contribution in [3.63, 3.8) is 0 Å². The third-order valence-electron chi connectivity index (χ3n) is 3.44. The number of nitrogens with one attached hydrogen (secondary N) is 1. The number of ether oxygens (including phenoxy) is 2. The van der Waals surface area contributed by atoms with E-state index in [4.69, 9.17) is 9.47 Å². The van der Waals surface area contributed by atoms with Crippen LogP contribution in [0.25, 0.3) is 0 Å². The van der Waals surface area contributed by atoms with Crippen molar-refractivity contribution in [3.8, 4) is 0 Å². The summed E-state index contributed by atoms with van der Waals surface area (Å²) in [7, 11) is 0. The van der Waals surface area contributed by atoms with Crippen LogP contribution in [0.4, 0.5) is 10.5 Å². The Labute approximate surface area is 99.9 Å². The molecule has 17 heavy (non-hydrogen) atoms. The van der Waals surface area contributed by atoms with Crippen LogP contribution in [0, 0.1) is 0 Å². The van der Waals surface area contributed by atoms with Crippen LogP contribution in [0.1, 0.15) is 19.3 Å². The number of para-hydroxylation sites is 1. The first kappa shape index (κ1) is 10.6. The van der Waals surface area contributed by atoms with Crippen LogP contribution in [0.15, 0.2) is 30.3 Å². The van der Waals surface area contributed by atoms with Gasteiger partial charge in [-0.3, -0.25) is 5.32 Å². The molecule has 1 aliphatic heterocycles. The third-order valence-corrected chi connectivity index (χ3v) is 3.44. The molecule has 1 aromatic carbocycles. The second-order valence-electron chi connectivity index (χ2n) is 4.63. The number of rotatable bonds is 3. The van der Waals surface area contributed by atoms with E-state index in [0.717, 1.165) is 18.5 Å². The maximum absolute atomic E-state index is 11.5. The molecule has 1 aliphatic carbocycles. The molecule has 1 heterocycles. The number of fused-ring (bicyclic) bond motifs is 1. The minimum absolute atomic E-state index is 0.145. The van der Waals surface area contributed by atoms with E-state index >= 15 is 0 Å². The second-order valence-corrected chi connectivity index (χ2v) is 4.63. The number of carbonyl (C=O) groups is 1. The van der Waals surface area contributed by atoms with E-state index in [0.29, 0.717) is 12.7 Å². The molecular formula is C13H15NO3. The van der Waals surface area contributed by atoms with Gasteiger partial charge in [0.15, 0.2) is 0 Å². The highest BCUT2D eigenvalue weighted by molar-refractivity contribution is 5.84. The highest BCUT2D eigenvalue weighted by atomic mass is 16.6. The zero-order valence-electron chi connectivity index (χ0n) is 9.52. The molecule has 0 spiro atoms. The Morgan fingerprint density at radius 2 is 2.29 bits per heavy atom. The van der Waals surface area contributed by atoms with Gasteiger partial charge in [-0.15, -0.1) is 0 Å². The zero-order chi connectivity index (χ0) is 11.7. The van der Waals surface area contributed by atoms with Crippen LogP contribution in [0.2, 0.25) is 0 Å².